The Morgan fingerprint density at radius 3 is 2.89 bits per heavy atom. The number of benzene rings is 1. The Labute approximate surface area is 119 Å². The van der Waals surface area contributed by atoms with Crippen molar-refractivity contribution in [2.45, 2.75) is 6.54 Å². The molecule has 0 radical (unpaired) electrons. The van der Waals surface area contributed by atoms with Gasteiger partial charge >= 0.3 is 0 Å². The first kappa shape index (κ1) is 12.1. The second-order valence-corrected chi connectivity index (χ2v) is 5.00. The summed E-state index contributed by atoms with van der Waals surface area (Å²) in [6.45, 7) is 0.766. The minimum Gasteiger partial charge on any atom is -0.379 e. The van der Waals surface area contributed by atoms with Gasteiger partial charge in [0.1, 0.15) is 4.60 Å². The van der Waals surface area contributed by atoms with Crippen molar-refractivity contribution in [2.24, 2.45) is 0 Å². The zero-order chi connectivity index (χ0) is 13.1. The number of rotatable bonds is 3. The Morgan fingerprint density at radius 1 is 1.05 bits per heavy atom. The second-order valence-electron chi connectivity index (χ2n) is 4.25. The predicted octanol–water partition coefficient (Wildman–Crippen LogP) is 4.00. The average Bonchev–Trinajstić information content (AvgIpc) is 2.46. The van der Waals surface area contributed by atoms with Crippen LogP contribution in [0.3, 0.4) is 0 Å². The molecule has 1 aromatic carbocycles. The van der Waals surface area contributed by atoms with E-state index in [0.717, 1.165) is 22.2 Å². The number of nitrogens with zero attached hydrogens (tertiary/aromatic N) is 2. The normalized spacial score (nSPS) is 10.6. The molecule has 2 heterocycles. The van der Waals surface area contributed by atoms with Crippen LogP contribution in [-0.2, 0) is 6.54 Å². The number of hydrogen-bond donors (Lipinski definition) is 1. The molecule has 0 amide bonds. The van der Waals surface area contributed by atoms with Crippen molar-refractivity contribution >= 4 is 32.4 Å². The van der Waals surface area contributed by atoms with E-state index in [1.165, 1.54) is 10.9 Å². The Kier molecular flexibility index (Phi) is 3.42. The molecule has 0 atom stereocenters. The molecular weight excluding hydrogens is 302 g/mol. The van der Waals surface area contributed by atoms with E-state index in [1.807, 2.05) is 30.6 Å². The van der Waals surface area contributed by atoms with E-state index in [4.69, 9.17) is 0 Å². The Morgan fingerprint density at radius 2 is 2.00 bits per heavy atom. The lowest BCUT2D eigenvalue weighted by Gasteiger charge is -2.08. The molecule has 0 spiro atoms. The molecular formula is C15H12BrN3. The molecule has 0 aliphatic rings. The van der Waals surface area contributed by atoms with Crippen LogP contribution < -0.4 is 5.32 Å². The van der Waals surface area contributed by atoms with Crippen LogP contribution in [-0.4, -0.2) is 9.97 Å². The zero-order valence-electron chi connectivity index (χ0n) is 10.2. The summed E-state index contributed by atoms with van der Waals surface area (Å²) in [5.41, 5.74) is 2.23. The molecule has 0 fully saturated rings. The van der Waals surface area contributed by atoms with Gasteiger partial charge in [-0.2, -0.15) is 0 Å². The summed E-state index contributed by atoms with van der Waals surface area (Å²) < 4.78 is 0.833. The zero-order valence-corrected chi connectivity index (χ0v) is 11.8. The van der Waals surface area contributed by atoms with Gasteiger partial charge in [-0.25, -0.2) is 4.98 Å². The molecule has 0 aliphatic carbocycles. The van der Waals surface area contributed by atoms with E-state index < -0.39 is 0 Å². The highest BCUT2D eigenvalue weighted by molar-refractivity contribution is 9.10. The SMILES string of the molecule is Brc1ncccc1NCc1ccc2cnccc2c1. The van der Waals surface area contributed by atoms with Crippen LogP contribution in [0.4, 0.5) is 5.69 Å². The van der Waals surface area contributed by atoms with Crippen LogP contribution in [0, 0.1) is 0 Å². The fourth-order valence-electron chi connectivity index (χ4n) is 1.96. The topological polar surface area (TPSA) is 37.8 Å². The predicted molar refractivity (Wildman–Crippen MR) is 81.0 cm³/mol. The van der Waals surface area contributed by atoms with Crippen LogP contribution in [0.15, 0.2) is 59.6 Å². The van der Waals surface area contributed by atoms with E-state index in [0.29, 0.717) is 0 Å². The molecule has 19 heavy (non-hydrogen) atoms. The van der Waals surface area contributed by atoms with Crippen molar-refractivity contribution in [1.29, 1.82) is 0 Å². The minimum atomic E-state index is 0.766. The molecule has 2 aromatic heterocycles. The number of fused-ring (bicyclic) bond motifs is 1. The van der Waals surface area contributed by atoms with Gasteiger partial charge < -0.3 is 5.32 Å². The Bertz CT molecular complexity index is 712. The molecule has 0 saturated heterocycles. The molecule has 3 aromatic rings. The monoisotopic (exact) mass is 313 g/mol. The summed E-state index contributed by atoms with van der Waals surface area (Å²) in [4.78, 5) is 8.30. The summed E-state index contributed by atoms with van der Waals surface area (Å²) in [5.74, 6) is 0. The summed E-state index contributed by atoms with van der Waals surface area (Å²) in [7, 11) is 0. The third-order valence-electron chi connectivity index (χ3n) is 2.95. The summed E-state index contributed by atoms with van der Waals surface area (Å²) in [6.07, 6.45) is 5.46. The molecule has 4 heteroatoms. The van der Waals surface area contributed by atoms with Gasteiger partial charge in [0, 0.05) is 30.5 Å². The Balaban J connectivity index is 1.80. The summed E-state index contributed by atoms with van der Waals surface area (Å²) in [6, 6.07) is 12.3. The van der Waals surface area contributed by atoms with Gasteiger partial charge in [-0.05, 0) is 51.1 Å². The van der Waals surface area contributed by atoms with Gasteiger partial charge in [-0.3, -0.25) is 4.98 Å². The largest absolute Gasteiger partial charge is 0.379 e. The van der Waals surface area contributed by atoms with Gasteiger partial charge in [0.25, 0.3) is 0 Å². The third-order valence-corrected chi connectivity index (χ3v) is 3.58. The van der Waals surface area contributed by atoms with Gasteiger partial charge in [-0.15, -0.1) is 0 Å². The van der Waals surface area contributed by atoms with Crippen molar-refractivity contribution in [3.05, 3.63) is 65.2 Å². The van der Waals surface area contributed by atoms with Crippen molar-refractivity contribution in [2.75, 3.05) is 5.32 Å². The molecule has 0 aliphatic heterocycles. The number of aromatic nitrogens is 2. The van der Waals surface area contributed by atoms with E-state index in [-0.39, 0.29) is 0 Å². The molecule has 0 unspecified atom stereocenters. The maximum absolute atomic E-state index is 4.19. The van der Waals surface area contributed by atoms with Crippen LogP contribution in [0.1, 0.15) is 5.56 Å². The second kappa shape index (κ2) is 5.36. The van der Waals surface area contributed by atoms with Crippen LogP contribution >= 0.6 is 15.9 Å². The first-order chi connectivity index (χ1) is 9.33. The van der Waals surface area contributed by atoms with Crippen molar-refractivity contribution in [1.82, 2.24) is 9.97 Å². The van der Waals surface area contributed by atoms with Gasteiger partial charge in [0.15, 0.2) is 0 Å². The molecule has 0 saturated carbocycles. The lowest BCUT2D eigenvalue weighted by atomic mass is 10.1. The number of pyridine rings is 2. The molecule has 94 valence electrons. The highest BCUT2D eigenvalue weighted by Gasteiger charge is 2.00. The lowest BCUT2D eigenvalue weighted by Crippen LogP contribution is -2.00. The fraction of sp³-hybridized carbons (Fsp3) is 0.0667. The number of hydrogen-bond acceptors (Lipinski definition) is 3. The van der Waals surface area contributed by atoms with E-state index >= 15 is 0 Å². The van der Waals surface area contributed by atoms with E-state index in [1.54, 1.807) is 6.20 Å². The van der Waals surface area contributed by atoms with Crippen molar-refractivity contribution in [3.63, 3.8) is 0 Å². The summed E-state index contributed by atoms with van der Waals surface area (Å²) in [5, 5.41) is 5.74. The van der Waals surface area contributed by atoms with Crippen LogP contribution in [0.2, 0.25) is 0 Å². The van der Waals surface area contributed by atoms with E-state index in [9.17, 15) is 0 Å². The molecule has 1 N–H and O–H groups in total. The van der Waals surface area contributed by atoms with Gasteiger partial charge in [-0.1, -0.05) is 12.1 Å². The average molecular weight is 314 g/mol. The first-order valence-electron chi connectivity index (χ1n) is 6.00. The van der Waals surface area contributed by atoms with Crippen molar-refractivity contribution < 1.29 is 0 Å². The quantitative estimate of drug-likeness (QED) is 0.743. The molecule has 3 rings (SSSR count). The van der Waals surface area contributed by atoms with Gasteiger partial charge in [0.05, 0.1) is 5.69 Å². The minimum absolute atomic E-state index is 0.766. The van der Waals surface area contributed by atoms with E-state index in [2.05, 4.69) is 49.4 Å². The lowest BCUT2D eigenvalue weighted by molar-refractivity contribution is 1.13. The Hall–Kier alpha value is -1.94. The number of halogens is 1. The smallest absolute Gasteiger partial charge is 0.129 e. The van der Waals surface area contributed by atoms with Crippen LogP contribution in [0.25, 0.3) is 10.8 Å². The standard InChI is InChI=1S/C15H12BrN3/c16-15-14(2-1-6-18-15)19-9-11-3-4-13-10-17-7-5-12(13)8-11/h1-8,10,19H,9H2. The van der Waals surface area contributed by atoms with Gasteiger partial charge in [0.2, 0.25) is 0 Å². The number of nitrogens with one attached hydrogen (secondary N) is 1. The highest BCUT2D eigenvalue weighted by atomic mass is 79.9. The highest BCUT2D eigenvalue weighted by Crippen LogP contribution is 2.20. The van der Waals surface area contributed by atoms with Crippen molar-refractivity contribution in [3.8, 4) is 0 Å². The number of anilines is 1. The molecule has 3 nitrogen and oxygen atoms in total. The maximum atomic E-state index is 4.19. The first-order valence-corrected chi connectivity index (χ1v) is 6.79. The maximum Gasteiger partial charge on any atom is 0.129 e. The third kappa shape index (κ3) is 2.74. The fourth-order valence-corrected chi connectivity index (χ4v) is 2.35. The van der Waals surface area contributed by atoms with Crippen LogP contribution in [0.5, 0.6) is 0 Å². The summed E-state index contributed by atoms with van der Waals surface area (Å²) >= 11 is 3.43. The molecule has 0 bridgehead atoms.